The molecule has 2 heteroatoms. The van der Waals surface area contributed by atoms with E-state index in [0.29, 0.717) is 0 Å². The maximum absolute atomic E-state index is 4.47. The second kappa shape index (κ2) is 9.49. The van der Waals surface area contributed by atoms with Crippen molar-refractivity contribution in [1.29, 1.82) is 0 Å². The molecule has 0 saturated heterocycles. The third-order valence-electron chi connectivity index (χ3n) is 7.97. The van der Waals surface area contributed by atoms with Crippen molar-refractivity contribution in [1.82, 2.24) is 4.57 Å². The van der Waals surface area contributed by atoms with E-state index in [9.17, 15) is 0 Å². The van der Waals surface area contributed by atoms with E-state index in [1.54, 1.807) is 0 Å². The van der Waals surface area contributed by atoms with Crippen molar-refractivity contribution in [2.75, 3.05) is 4.90 Å². The quantitative estimate of drug-likeness (QED) is 0.239. The number of nitrogens with zero attached hydrogens (tertiary/aromatic N) is 2. The lowest BCUT2D eigenvalue weighted by Crippen LogP contribution is -2.37. The van der Waals surface area contributed by atoms with Crippen LogP contribution in [0.4, 0.5) is 5.69 Å². The zero-order chi connectivity index (χ0) is 26.3. The Morgan fingerprint density at radius 1 is 0.692 bits per heavy atom. The largest absolute Gasteiger partial charge is 0.340 e. The van der Waals surface area contributed by atoms with Crippen molar-refractivity contribution in [3.63, 3.8) is 0 Å². The molecule has 39 heavy (non-hydrogen) atoms. The van der Waals surface area contributed by atoms with Gasteiger partial charge in [-0.3, -0.25) is 0 Å². The molecule has 2 nitrogen and oxygen atoms in total. The Morgan fingerprint density at radius 2 is 1.46 bits per heavy atom. The van der Waals surface area contributed by atoms with Crippen molar-refractivity contribution >= 4 is 33.1 Å². The number of hydrogen-bond donors (Lipinski definition) is 0. The van der Waals surface area contributed by atoms with E-state index in [-0.39, 0.29) is 12.0 Å². The first-order chi connectivity index (χ1) is 19.2. The smallest absolute Gasteiger partial charge is 0.0623 e. The molecule has 0 spiro atoms. The number of allylic oxidation sites excluding steroid dienone is 5. The van der Waals surface area contributed by atoms with Gasteiger partial charge in [0.1, 0.15) is 0 Å². The average Bonchev–Trinajstić information content (AvgIpc) is 3.31. The summed E-state index contributed by atoms with van der Waals surface area (Å²) in [5, 5.41) is 2.54. The highest BCUT2D eigenvalue weighted by molar-refractivity contribution is 6.10. The molecule has 1 aliphatic heterocycles. The van der Waals surface area contributed by atoms with Gasteiger partial charge in [-0.2, -0.15) is 0 Å². The molecule has 0 saturated carbocycles. The van der Waals surface area contributed by atoms with E-state index in [1.165, 1.54) is 49.9 Å². The van der Waals surface area contributed by atoms with Crippen LogP contribution in [0.2, 0.25) is 0 Å². The third kappa shape index (κ3) is 4.06. The maximum Gasteiger partial charge on any atom is 0.0623 e. The van der Waals surface area contributed by atoms with Crippen LogP contribution >= 0.6 is 0 Å². The van der Waals surface area contributed by atoms with Crippen molar-refractivity contribution in [3.8, 4) is 5.69 Å². The topological polar surface area (TPSA) is 8.17 Å². The Hall–Kier alpha value is -4.82. The van der Waals surface area contributed by atoms with Gasteiger partial charge < -0.3 is 9.47 Å². The average molecular weight is 503 g/mol. The maximum atomic E-state index is 4.47. The summed E-state index contributed by atoms with van der Waals surface area (Å²) in [4.78, 5) is 2.36. The molecule has 188 valence electrons. The fourth-order valence-electron chi connectivity index (χ4n) is 5.97. The fraction of sp³-hybridized carbons (Fsp3) is 0.0811. The second-order valence-corrected chi connectivity index (χ2v) is 10.4. The predicted molar refractivity (Wildman–Crippen MR) is 166 cm³/mol. The highest BCUT2D eigenvalue weighted by Gasteiger charge is 2.28. The van der Waals surface area contributed by atoms with Crippen LogP contribution in [0.5, 0.6) is 0 Å². The molecule has 0 radical (unpaired) electrons. The molecule has 0 fully saturated rings. The number of hydrogen-bond acceptors (Lipinski definition) is 1. The van der Waals surface area contributed by atoms with Gasteiger partial charge in [0.15, 0.2) is 0 Å². The SMILES string of the molecule is C=C1/C=C\C=C/N(c2ccc(C)cc2)C2C=CC(c3ccc4c(c3)c3ccccc3n4-c3ccccc3)=CC12. The number of benzene rings is 4. The lowest BCUT2D eigenvalue weighted by molar-refractivity contribution is 0.641. The molecule has 1 aromatic heterocycles. The number of rotatable bonds is 3. The standard InChI is InChI=1S/C37H30N2/c1-26-15-19-30(20-16-26)38-23-9-8-10-27(2)33-24-28(17-21-35(33)38)29-18-22-37-34(25-29)32-13-6-7-14-36(32)39(37)31-11-4-3-5-12-31/h3-25,33,35H,2H2,1H3/b10-8-,23-9-. The van der Waals surface area contributed by atoms with Crippen LogP contribution in [0.1, 0.15) is 11.1 Å². The molecule has 1 aliphatic carbocycles. The fourth-order valence-corrected chi connectivity index (χ4v) is 5.97. The van der Waals surface area contributed by atoms with Crippen molar-refractivity contribution < 1.29 is 0 Å². The molecule has 5 aromatic rings. The van der Waals surface area contributed by atoms with Gasteiger partial charge in [-0.15, -0.1) is 0 Å². The minimum atomic E-state index is 0.161. The first kappa shape index (κ1) is 23.3. The molecule has 2 atom stereocenters. The molecular formula is C37H30N2. The Morgan fingerprint density at radius 3 is 2.31 bits per heavy atom. The summed E-state index contributed by atoms with van der Waals surface area (Å²) in [5.41, 5.74) is 9.65. The minimum Gasteiger partial charge on any atom is -0.340 e. The Balaban J connectivity index is 1.33. The van der Waals surface area contributed by atoms with Gasteiger partial charge in [0.2, 0.25) is 0 Å². The van der Waals surface area contributed by atoms with Gasteiger partial charge >= 0.3 is 0 Å². The highest BCUT2D eigenvalue weighted by Crippen LogP contribution is 2.38. The van der Waals surface area contributed by atoms with Gasteiger partial charge in [0.25, 0.3) is 0 Å². The van der Waals surface area contributed by atoms with Crippen molar-refractivity contribution in [2.45, 2.75) is 13.0 Å². The number of fused-ring (bicyclic) bond motifs is 4. The normalized spacial score (nSPS) is 20.4. The van der Waals surface area contributed by atoms with Crippen molar-refractivity contribution in [3.05, 3.63) is 163 Å². The summed E-state index contributed by atoms with van der Waals surface area (Å²) in [7, 11) is 0. The summed E-state index contributed by atoms with van der Waals surface area (Å²) >= 11 is 0. The molecule has 0 amide bonds. The molecule has 2 aliphatic rings. The second-order valence-electron chi connectivity index (χ2n) is 10.4. The van der Waals surface area contributed by atoms with Gasteiger partial charge in [-0.25, -0.2) is 0 Å². The lowest BCUT2D eigenvalue weighted by atomic mass is 9.82. The highest BCUT2D eigenvalue weighted by atomic mass is 15.1. The Labute approximate surface area is 229 Å². The molecular weight excluding hydrogens is 472 g/mol. The minimum absolute atomic E-state index is 0.161. The first-order valence-corrected chi connectivity index (χ1v) is 13.5. The lowest BCUT2D eigenvalue weighted by Gasteiger charge is -2.37. The van der Waals surface area contributed by atoms with E-state index in [0.717, 1.165) is 5.57 Å². The van der Waals surface area contributed by atoms with Gasteiger partial charge in [-0.05, 0) is 72.2 Å². The number of anilines is 1. The molecule has 7 rings (SSSR count). The summed E-state index contributed by atoms with van der Waals surface area (Å²) < 4.78 is 2.36. The van der Waals surface area contributed by atoms with Crippen molar-refractivity contribution in [2.24, 2.45) is 5.92 Å². The van der Waals surface area contributed by atoms with Gasteiger partial charge in [-0.1, -0.05) is 97.1 Å². The summed E-state index contributed by atoms with van der Waals surface area (Å²) in [5.74, 6) is 0.161. The summed E-state index contributed by atoms with van der Waals surface area (Å²) in [6, 6.07) is 35.1. The van der Waals surface area contributed by atoms with E-state index in [4.69, 9.17) is 0 Å². The van der Waals surface area contributed by atoms with Gasteiger partial charge in [0.05, 0.1) is 17.1 Å². The molecule has 0 bridgehead atoms. The summed E-state index contributed by atoms with van der Waals surface area (Å²) in [6.45, 7) is 6.60. The number of para-hydroxylation sites is 2. The van der Waals surface area contributed by atoms with E-state index < -0.39 is 0 Å². The molecule has 2 heterocycles. The van der Waals surface area contributed by atoms with Crippen LogP contribution in [0.25, 0.3) is 33.1 Å². The van der Waals surface area contributed by atoms with Gasteiger partial charge in [0, 0.05) is 34.3 Å². The van der Waals surface area contributed by atoms with E-state index >= 15 is 0 Å². The zero-order valence-corrected chi connectivity index (χ0v) is 22.0. The van der Waals surface area contributed by atoms with Crippen LogP contribution in [-0.2, 0) is 0 Å². The Bertz CT molecular complexity index is 1830. The molecule has 4 aromatic carbocycles. The van der Waals surface area contributed by atoms with Crippen LogP contribution in [0.3, 0.4) is 0 Å². The van der Waals surface area contributed by atoms with Crippen LogP contribution in [0, 0.1) is 12.8 Å². The third-order valence-corrected chi connectivity index (χ3v) is 7.97. The van der Waals surface area contributed by atoms with Crippen LogP contribution in [0.15, 0.2) is 152 Å². The summed E-state index contributed by atoms with van der Waals surface area (Å²) in [6.07, 6.45) is 15.5. The number of aromatic nitrogens is 1. The molecule has 2 unspecified atom stereocenters. The van der Waals surface area contributed by atoms with Crippen LogP contribution in [-0.4, -0.2) is 10.6 Å². The first-order valence-electron chi connectivity index (χ1n) is 13.5. The number of aryl methyl sites for hydroxylation is 1. The van der Waals surface area contributed by atoms with Crippen LogP contribution < -0.4 is 4.90 Å². The predicted octanol–water partition coefficient (Wildman–Crippen LogP) is 9.18. The zero-order valence-electron chi connectivity index (χ0n) is 22.0. The van der Waals surface area contributed by atoms with E-state index in [2.05, 4.69) is 163 Å². The monoisotopic (exact) mass is 502 g/mol. The molecule has 0 N–H and O–H groups in total. The Kier molecular flexibility index (Phi) is 5.67. The van der Waals surface area contributed by atoms with E-state index in [1.807, 2.05) is 0 Å².